The van der Waals surface area contributed by atoms with Crippen molar-refractivity contribution in [2.75, 3.05) is 0 Å². The summed E-state index contributed by atoms with van der Waals surface area (Å²) in [6, 6.07) is 10.5. The lowest BCUT2D eigenvalue weighted by Gasteiger charge is -2.02. The largest absolute Gasteiger partial charge is 0.197 e. The highest BCUT2D eigenvalue weighted by Crippen LogP contribution is 2.42. The number of rotatable bonds is 0. The third-order valence-corrected chi connectivity index (χ3v) is 5.64. The molecule has 0 radical (unpaired) electrons. The van der Waals surface area contributed by atoms with Crippen LogP contribution in [0.25, 0.3) is 36.0 Å². The van der Waals surface area contributed by atoms with Crippen molar-refractivity contribution in [3.63, 3.8) is 0 Å². The predicted molar refractivity (Wildman–Crippen MR) is 79.1 cm³/mol. The van der Waals surface area contributed by atoms with Gasteiger partial charge in [-0.25, -0.2) is 0 Å². The van der Waals surface area contributed by atoms with Crippen LogP contribution in [0.3, 0.4) is 0 Å². The molecule has 0 saturated carbocycles. The minimum Gasteiger partial charge on any atom is -0.191 e. The number of aromatic nitrogens is 4. The fraction of sp³-hybridized carbons (Fsp3) is 0. The molecule has 1 aromatic carbocycles. The highest BCUT2D eigenvalue weighted by atomic mass is 32.2. The van der Waals surface area contributed by atoms with Gasteiger partial charge < -0.3 is 0 Å². The predicted octanol–water partition coefficient (Wildman–Crippen LogP) is 3.71. The van der Waals surface area contributed by atoms with Gasteiger partial charge >= 0.3 is 0 Å². The van der Waals surface area contributed by atoms with Gasteiger partial charge in [-0.1, -0.05) is 18.2 Å². The average molecular weight is 282 g/mol. The third kappa shape index (κ3) is 1.11. The van der Waals surface area contributed by atoms with Crippen LogP contribution in [0, 0.1) is 0 Å². The second-order valence-corrected chi connectivity index (χ2v) is 6.55. The Morgan fingerprint density at radius 1 is 1.05 bits per heavy atom. The summed E-state index contributed by atoms with van der Waals surface area (Å²) in [7, 11) is 0. The molecule has 0 bridgehead atoms. The van der Waals surface area contributed by atoms with Gasteiger partial charge in [0.25, 0.3) is 0 Å². The van der Waals surface area contributed by atoms with Crippen molar-refractivity contribution in [1.29, 1.82) is 0 Å². The van der Waals surface area contributed by atoms with Gasteiger partial charge in [0.05, 0.1) is 14.2 Å². The van der Waals surface area contributed by atoms with Crippen molar-refractivity contribution in [1.82, 2.24) is 20.0 Å². The zero-order valence-electron chi connectivity index (χ0n) is 9.57. The molecule has 0 aliphatic heterocycles. The molecule has 0 amide bonds. The molecule has 4 nitrogen and oxygen atoms in total. The van der Waals surface area contributed by atoms with E-state index in [2.05, 4.69) is 45.2 Å². The van der Waals surface area contributed by atoms with Gasteiger partial charge in [-0.3, -0.25) is 0 Å². The summed E-state index contributed by atoms with van der Waals surface area (Å²) in [4.78, 5) is 0. The quantitative estimate of drug-likeness (QED) is 0.435. The van der Waals surface area contributed by atoms with Crippen LogP contribution < -0.4 is 0 Å². The molecule has 4 heterocycles. The van der Waals surface area contributed by atoms with Crippen LogP contribution in [-0.2, 0) is 0 Å². The molecule has 0 aliphatic rings. The Morgan fingerprint density at radius 3 is 3.00 bits per heavy atom. The molecule has 90 valence electrons. The Kier molecular flexibility index (Phi) is 1.70. The van der Waals surface area contributed by atoms with Crippen molar-refractivity contribution >= 4 is 58.7 Å². The van der Waals surface area contributed by atoms with E-state index in [4.69, 9.17) is 0 Å². The second-order valence-electron chi connectivity index (χ2n) is 4.36. The molecular weight excluding hydrogens is 276 g/mol. The second kappa shape index (κ2) is 3.28. The minimum absolute atomic E-state index is 0.849. The Bertz CT molecular complexity index is 1070. The zero-order valence-corrected chi connectivity index (χ0v) is 11.2. The molecule has 0 spiro atoms. The summed E-state index contributed by atoms with van der Waals surface area (Å²) >= 11 is 3.55. The summed E-state index contributed by atoms with van der Waals surface area (Å²) < 4.78 is 4.33. The van der Waals surface area contributed by atoms with E-state index in [1.165, 1.54) is 24.9 Å². The molecule has 0 unspecified atom stereocenters. The Labute approximate surface area is 114 Å². The van der Waals surface area contributed by atoms with Crippen molar-refractivity contribution in [2.45, 2.75) is 0 Å². The lowest BCUT2D eigenvalue weighted by Crippen LogP contribution is -1.91. The van der Waals surface area contributed by atoms with Crippen molar-refractivity contribution < 1.29 is 0 Å². The number of pyridine rings is 1. The highest BCUT2D eigenvalue weighted by Gasteiger charge is 2.16. The first-order valence-corrected chi connectivity index (χ1v) is 7.51. The number of tetrazole rings is 1. The molecule has 6 heteroatoms. The van der Waals surface area contributed by atoms with Gasteiger partial charge in [-0.15, -0.1) is 27.8 Å². The van der Waals surface area contributed by atoms with Gasteiger partial charge in [-0.05, 0) is 27.9 Å². The maximum absolute atomic E-state index is 4.19. The van der Waals surface area contributed by atoms with Gasteiger partial charge in [0.1, 0.15) is 0 Å². The van der Waals surface area contributed by atoms with Crippen LogP contribution in [0.5, 0.6) is 0 Å². The van der Waals surface area contributed by atoms with Crippen molar-refractivity contribution in [3.05, 3.63) is 35.7 Å². The molecule has 4 aromatic heterocycles. The zero-order chi connectivity index (χ0) is 12.4. The molecule has 5 aromatic rings. The van der Waals surface area contributed by atoms with Gasteiger partial charge in [0.15, 0.2) is 5.65 Å². The summed E-state index contributed by atoms with van der Waals surface area (Å²) in [6.07, 6.45) is 0. The fourth-order valence-corrected chi connectivity index (χ4v) is 4.85. The van der Waals surface area contributed by atoms with Crippen LogP contribution in [0.2, 0.25) is 0 Å². The molecule has 0 fully saturated rings. The lowest BCUT2D eigenvalue weighted by atomic mass is 10.1. The molecule has 0 saturated heterocycles. The first kappa shape index (κ1) is 9.82. The smallest absolute Gasteiger partial charge is 0.191 e. The van der Waals surface area contributed by atoms with Crippen LogP contribution in [0.4, 0.5) is 0 Å². The summed E-state index contributed by atoms with van der Waals surface area (Å²) in [5, 5.41) is 18.1. The molecule has 0 N–H and O–H groups in total. The van der Waals surface area contributed by atoms with Gasteiger partial charge in [0.2, 0.25) is 0 Å². The average Bonchev–Trinajstić information content (AvgIpc) is 3.13. The van der Waals surface area contributed by atoms with E-state index in [0.29, 0.717) is 0 Å². The van der Waals surface area contributed by atoms with E-state index in [9.17, 15) is 0 Å². The number of para-hydroxylation sites is 1. The number of thiophene rings is 2. The van der Waals surface area contributed by atoms with Crippen LogP contribution in [-0.4, -0.2) is 20.0 Å². The van der Waals surface area contributed by atoms with Crippen LogP contribution in [0.15, 0.2) is 35.7 Å². The first-order chi connectivity index (χ1) is 9.43. The lowest BCUT2D eigenvalue weighted by molar-refractivity contribution is 0.842. The Hall–Kier alpha value is -2.05. The van der Waals surface area contributed by atoms with E-state index in [1.54, 1.807) is 22.7 Å². The number of nitrogens with zero attached hydrogens (tertiary/aromatic N) is 4. The van der Waals surface area contributed by atoms with Crippen LogP contribution in [0.1, 0.15) is 0 Å². The number of hydrogen-bond acceptors (Lipinski definition) is 5. The Morgan fingerprint density at radius 2 is 2.00 bits per heavy atom. The van der Waals surface area contributed by atoms with E-state index in [0.717, 1.165) is 11.2 Å². The van der Waals surface area contributed by atoms with Crippen LogP contribution >= 0.6 is 22.7 Å². The van der Waals surface area contributed by atoms with E-state index >= 15 is 0 Å². The maximum Gasteiger partial charge on any atom is 0.197 e. The molecule has 0 atom stereocenters. The molecular formula is C13H6N4S2. The number of fused-ring (bicyclic) bond motifs is 8. The SMILES string of the molecule is c1ccc2c(c1)c1c3ccsc3sc1c1nnnn21. The topological polar surface area (TPSA) is 43.1 Å². The Balaban J connectivity index is 2.29. The summed E-state index contributed by atoms with van der Waals surface area (Å²) in [5.41, 5.74) is 1.91. The van der Waals surface area contributed by atoms with Crippen molar-refractivity contribution in [3.8, 4) is 0 Å². The summed E-state index contributed by atoms with van der Waals surface area (Å²) in [6.45, 7) is 0. The minimum atomic E-state index is 0.849. The normalized spacial score (nSPS) is 12.2. The van der Waals surface area contributed by atoms with E-state index in [-0.39, 0.29) is 0 Å². The molecule has 5 rings (SSSR count). The number of benzene rings is 1. The van der Waals surface area contributed by atoms with E-state index < -0.39 is 0 Å². The maximum atomic E-state index is 4.19. The first-order valence-electron chi connectivity index (χ1n) is 5.82. The summed E-state index contributed by atoms with van der Waals surface area (Å²) in [5.74, 6) is 0. The highest BCUT2D eigenvalue weighted by molar-refractivity contribution is 7.41. The fourth-order valence-electron chi connectivity index (χ4n) is 2.61. The molecule has 19 heavy (non-hydrogen) atoms. The monoisotopic (exact) mass is 282 g/mol. The van der Waals surface area contributed by atoms with Gasteiger partial charge in [-0.2, -0.15) is 4.52 Å². The van der Waals surface area contributed by atoms with E-state index in [1.807, 2.05) is 10.6 Å². The third-order valence-electron chi connectivity index (χ3n) is 3.40. The standard InChI is InChI=1S/C13H6N4S2/c1-2-4-9-7(3-1)10-8-5-6-18-13(8)19-11(10)12-14-15-16-17(9)12/h1-6H. The molecule has 0 aliphatic carbocycles. The van der Waals surface area contributed by atoms with Gasteiger partial charge in [0, 0.05) is 16.2 Å². The van der Waals surface area contributed by atoms with Crippen molar-refractivity contribution in [2.24, 2.45) is 0 Å². The number of hydrogen-bond donors (Lipinski definition) is 0.